The predicted molar refractivity (Wildman–Crippen MR) is 87.8 cm³/mol. The summed E-state index contributed by atoms with van der Waals surface area (Å²) in [6.07, 6.45) is 1.75. The van der Waals surface area contributed by atoms with Crippen molar-refractivity contribution < 1.29 is 9.72 Å². The summed E-state index contributed by atoms with van der Waals surface area (Å²) in [6.45, 7) is 2.04. The first-order valence-corrected chi connectivity index (χ1v) is 8.13. The van der Waals surface area contributed by atoms with Crippen LogP contribution in [0.5, 0.6) is 0 Å². The van der Waals surface area contributed by atoms with E-state index in [9.17, 15) is 14.9 Å². The van der Waals surface area contributed by atoms with Crippen molar-refractivity contribution in [2.45, 2.75) is 24.9 Å². The second-order valence-electron chi connectivity index (χ2n) is 4.57. The number of hydrogen-bond donors (Lipinski definition) is 2. The molecule has 0 atom stereocenters. The molecule has 0 aliphatic rings. The molecule has 2 aromatic rings. The fourth-order valence-electron chi connectivity index (χ4n) is 1.75. The number of aromatic nitrogens is 3. The standard InChI is InChI=1S/C13H14ClN5O3S/c1-2-3-11-16-13(18-17-11)23-7-12(20)15-8-4-5-9(14)10(6-8)19(21)22/h4-6H,2-3,7H2,1H3,(H,15,20)(H,16,17,18). The number of benzene rings is 1. The van der Waals surface area contributed by atoms with Crippen molar-refractivity contribution in [1.29, 1.82) is 0 Å². The van der Waals surface area contributed by atoms with Gasteiger partial charge in [0.15, 0.2) is 0 Å². The Morgan fingerprint density at radius 1 is 1.52 bits per heavy atom. The van der Waals surface area contributed by atoms with Crippen molar-refractivity contribution in [3.05, 3.63) is 39.2 Å². The van der Waals surface area contributed by atoms with Crippen LogP contribution >= 0.6 is 23.4 Å². The molecule has 8 nitrogen and oxygen atoms in total. The number of H-pyrrole nitrogens is 1. The smallest absolute Gasteiger partial charge is 0.289 e. The predicted octanol–water partition coefficient (Wildman–Crippen LogP) is 3.05. The lowest BCUT2D eigenvalue weighted by molar-refractivity contribution is -0.384. The highest BCUT2D eigenvalue weighted by Gasteiger charge is 2.14. The van der Waals surface area contributed by atoms with E-state index in [0.29, 0.717) is 10.8 Å². The van der Waals surface area contributed by atoms with Crippen LogP contribution in [0.15, 0.2) is 23.4 Å². The van der Waals surface area contributed by atoms with Crippen LogP contribution < -0.4 is 5.32 Å². The summed E-state index contributed by atoms with van der Waals surface area (Å²) in [5, 5.41) is 20.7. The number of nitrogens with one attached hydrogen (secondary N) is 2. The number of hydrogen-bond acceptors (Lipinski definition) is 6. The number of halogens is 1. The Kier molecular flexibility index (Phi) is 5.94. The van der Waals surface area contributed by atoms with Gasteiger partial charge >= 0.3 is 0 Å². The number of aromatic amines is 1. The molecule has 0 aliphatic heterocycles. The Labute approximate surface area is 141 Å². The molecule has 0 unspecified atom stereocenters. The average molecular weight is 356 g/mol. The highest BCUT2D eigenvalue weighted by molar-refractivity contribution is 7.99. The summed E-state index contributed by atoms with van der Waals surface area (Å²) in [6, 6.07) is 4.09. The first-order valence-electron chi connectivity index (χ1n) is 6.77. The number of carbonyl (C=O) groups is 1. The Bertz CT molecular complexity index is 721. The second-order valence-corrected chi connectivity index (χ2v) is 5.92. The van der Waals surface area contributed by atoms with Gasteiger partial charge in [0.25, 0.3) is 5.69 Å². The molecule has 0 fully saturated rings. The van der Waals surface area contributed by atoms with Crippen LogP contribution in [-0.4, -0.2) is 31.8 Å². The van der Waals surface area contributed by atoms with E-state index in [1.54, 1.807) is 0 Å². The van der Waals surface area contributed by atoms with Gasteiger partial charge < -0.3 is 5.32 Å². The molecule has 1 heterocycles. The van der Waals surface area contributed by atoms with Gasteiger partial charge in [0.1, 0.15) is 10.8 Å². The normalized spacial score (nSPS) is 10.5. The van der Waals surface area contributed by atoms with Crippen molar-refractivity contribution in [2.75, 3.05) is 11.1 Å². The van der Waals surface area contributed by atoms with Gasteiger partial charge in [0.05, 0.1) is 10.7 Å². The summed E-state index contributed by atoms with van der Waals surface area (Å²) < 4.78 is 0. The Hall–Kier alpha value is -2.13. The number of anilines is 1. The highest BCUT2D eigenvalue weighted by atomic mass is 35.5. The van der Waals surface area contributed by atoms with Gasteiger partial charge in [-0.3, -0.25) is 20.0 Å². The first kappa shape index (κ1) is 17.2. The molecule has 0 bridgehead atoms. The van der Waals surface area contributed by atoms with Crippen LogP contribution in [0, 0.1) is 10.1 Å². The topological polar surface area (TPSA) is 114 Å². The molecule has 0 aliphatic carbocycles. The highest BCUT2D eigenvalue weighted by Crippen LogP contribution is 2.27. The molecule has 1 aromatic carbocycles. The van der Waals surface area contributed by atoms with Crippen LogP contribution in [0.1, 0.15) is 19.2 Å². The summed E-state index contributed by atoms with van der Waals surface area (Å²) in [5.41, 5.74) is 0.0589. The van der Waals surface area contributed by atoms with Gasteiger partial charge in [0.2, 0.25) is 11.1 Å². The third-order valence-corrected chi connectivity index (χ3v) is 3.92. The number of aryl methyl sites for hydroxylation is 1. The molecule has 0 saturated heterocycles. The zero-order valence-electron chi connectivity index (χ0n) is 12.2. The Morgan fingerprint density at radius 2 is 2.30 bits per heavy atom. The van der Waals surface area contributed by atoms with E-state index in [1.165, 1.54) is 30.0 Å². The van der Waals surface area contributed by atoms with Gasteiger partial charge in [0, 0.05) is 18.2 Å². The number of nitro groups is 1. The maximum Gasteiger partial charge on any atom is 0.289 e. The first-order chi connectivity index (χ1) is 11.0. The molecule has 2 N–H and O–H groups in total. The lowest BCUT2D eigenvalue weighted by Gasteiger charge is -2.04. The van der Waals surface area contributed by atoms with Gasteiger partial charge in [-0.2, -0.15) is 0 Å². The van der Waals surface area contributed by atoms with Crippen LogP contribution in [-0.2, 0) is 11.2 Å². The molecular weight excluding hydrogens is 342 g/mol. The minimum absolute atomic E-state index is 0.0200. The largest absolute Gasteiger partial charge is 0.325 e. The van der Waals surface area contributed by atoms with Crippen LogP contribution in [0.2, 0.25) is 5.02 Å². The zero-order valence-corrected chi connectivity index (χ0v) is 13.8. The lowest BCUT2D eigenvalue weighted by Crippen LogP contribution is -2.14. The number of thioether (sulfide) groups is 1. The zero-order chi connectivity index (χ0) is 16.8. The van der Waals surface area contributed by atoms with Crippen molar-refractivity contribution in [1.82, 2.24) is 15.2 Å². The van der Waals surface area contributed by atoms with Crippen molar-refractivity contribution >= 4 is 40.6 Å². The molecule has 2 rings (SSSR count). The molecule has 122 valence electrons. The maximum atomic E-state index is 11.9. The molecule has 1 aromatic heterocycles. The monoisotopic (exact) mass is 355 g/mol. The number of nitrogens with zero attached hydrogens (tertiary/aromatic N) is 3. The van der Waals surface area contributed by atoms with Crippen LogP contribution in [0.4, 0.5) is 11.4 Å². The summed E-state index contributed by atoms with van der Waals surface area (Å²) in [4.78, 5) is 26.3. The van der Waals surface area contributed by atoms with E-state index in [1.807, 2.05) is 6.92 Å². The van der Waals surface area contributed by atoms with Gasteiger partial charge in [-0.15, -0.1) is 5.10 Å². The van der Waals surface area contributed by atoms with Crippen LogP contribution in [0.25, 0.3) is 0 Å². The Balaban J connectivity index is 1.91. The molecule has 0 radical (unpaired) electrons. The second kappa shape index (κ2) is 7.93. The molecule has 23 heavy (non-hydrogen) atoms. The van der Waals surface area contributed by atoms with E-state index < -0.39 is 4.92 Å². The van der Waals surface area contributed by atoms with E-state index in [4.69, 9.17) is 11.6 Å². The van der Waals surface area contributed by atoms with Gasteiger partial charge in [-0.25, -0.2) is 4.98 Å². The quantitative estimate of drug-likeness (QED) is 0.448. The van der Waals surface area contributed by atoms with Crippen molar-refractivity contribution in [2.24, 2.45) is 0 Å². The molecule has 10 heteroatoms. The van der Waals surface area contributed by atoms with E-state index in [-0.39, 0.29) is 22.4 Å². The summed E-state index contributed by atoms with van der Waals surface area (Å²) >= 11 is 6.90. The van der Waals surface area contributed by atoms with Crippen molar-refractivity contribution in [3.8, 4) is 0 Å². The third-order valence-electron chi connectivity index (χ3n) is 2.76. The Morgan fingerprint density at radius 3 is 3.00 bits per heavy atom. The molecule has 0 spiro atoms. The van der Waals surface area contributed by atoms with Crippen LogP contribution in [0.3, 0.4) is 0 Å². The van der Waals surface area contributed by atoms with Gasteiger partial charge in [-0.05, 0) is 18.6 Å². The molecule has 0 saturated carbocycles. The lowest BCUT2D eigenvalue weighted by atomic mass is 10.3. The number of amides is 1. The minimum atomic E-state index is -0.602. The number of nitro benzene ring substituents is 1. The summed E-state index contributed by atoms with van der Waals surface area (Å²) in [5.74, 6) is 0.567. The average Bonchev–Trinajstić information content (AvgIpc) is 2.95. The fraction of sp³-hybridized carbons (Fsp3) is 0.308. The van der Waals surface area contributed by atoms with E-state index in [2.05, 4.69) is 20.5 Å². The fourth-order valence-corrected chi connectivity index (χ4v) is 2.55. The molecule has 1 amide bonds. The van der Waals surface area contributed by atoms with E-state index in [0.717, 1.165) is 18.7 Å². The minimum Gasteiger partial charge on any atom is -0.325 e. The maximum absolute atomic E-state index is 11.9. The molecular formula is C13H14ClN5O3S. The van der Waals surface area contributed by atoms with Crippen molar-refractivity contribution in [3.63, 3.8) is 0 Å². The third kappa shape index (κ3) is 4.93. The SMILES string of the molecule is CCCc1nc(SCC(=O)Nc2ccc(Cl)c([N+](=O)[O-])c2)n[nH]1. The van der Waals surface area contributed by atoms with E-state index >= 15 is 0 Å². The van der Waals surface area contributed by atoms with Gasteiger partial charge in [-0.1, -0.05) is 30.3 Å². The number of rotatable bonds is 7. The number of carbonyl (C=O) groups excluding carboxylic acids is 1. The summed E-state index contributed by atoms with van der Waals surface area (Å²) in [7, 11) is 0.